The third-order valence-electron chi connectivity index (χ3n) is 2.78. The Balaban J connectivity index is 2.99. The van der Waals surface area contributed by atoms with Crippen LogP contribution in [0.1, 0.15) is 20.8 Å². The number of carbonyl (C=O) groups excluding carboxylic acids is 1. The van der Waals surface area contributed by atoms with Crippen molar-refractivity contribution in [3.8, 4) is 0 Å². The molecule has 1 rings (SSSR count). The Hall–Kier alpha value is -1.56. The van der Waals surface area contributed by atoms with Gasteiger partial charge < -0.3 is 5.32 Å². The molecular weight excluding hydrogens is 276 g/mol. The maximum absolute atomic E-state index is 12.1. The lowest BCUT2D eigenvalue weighted by Crippen LogP contribution is -2.48. The zero-order chi connectivity index (χ0) is 15.3. The molecule has 1 amide bonds. The van der Waals surface area contributed by atoms with Crippen LogP contribution in [0.4, 0.5) is 5.69 Å². The van der Waals surface area contributed by atoms with Crippen molar-refractivity contribution in [2.75, 3.05) is 17.1 Å². The highest BCUT2D eigenvalue weighted by Crippen LogP contribution is 2.20. The lowest BCUT2D eigenvalue weighted by molar-refractivity contribution is -0.121. The third-order valence-corrected chi connectivity index (χ3v) is 4.03. The first-order valence-electron chi connectivity index (χ1n) is 6.55. The van der Waals surface area contributed by atoms with Crippen molar-refractivity contribution in [2.45, 2.75) is 26.8 Å². The molecule has 0 aliphatic rings. The number of hydrogen-bond donors (Lipinski definition) is 1. The minimum atomic E-state index is -3.53. The molecule has 0 spiro atoms. The molecule has 0 fully saturated rings. The summed E-state index contributed by atoms with van der Waals surface area (Å²) in [6.07, 6.45) is 1.10. The largest absolute Gasteiger partial charge is 0.354 e. The number of sulfonamides is 1. The fraction of sp³-hybridized carbons (Fsp3) is 0.500. The second-order valence-corrected chi connectivity index (χ2v) is 7.07. The molecule has 0 aliphatic carbocycles. The number of rotatable bonds is 6. The fourth-order valence-electron chi connectivity index (χ4n) is 1.84. The number of anilines is 1. The van der Waals surface area contributed by atoms with E-state index in [1.807, 2.05) is 13.8 Å². The third kappa shape index (κ3) is 4.52. The summed E-state index contributed by atoms with van der Waals surface area (Å²) in [7, 11) is -3.53. The predicted molar refractivity (Wildman–Crippen MR) is 81.1 cm³/mol. The molecule has 1 atom stereocenters. The Bertz CT molecular complexity index is 541. The van der Waals surface area contributed by atoms with Gasteiger partial charge >= 0.3 is 0 Å². The molecule has 20 heavy (non-hydrogen) atoms. The number of amides is 1. The molecule has 0 radical (unpaired) electrons. The number of nitrogens with one attached hydrogen (secondary N) is 1. The van der Waals surface area contributed by atoms with Crippen LogP contribution in [0.5, 0.6) is 0 Å². The highest BCUT2D eigenvalue weighted by atomic mass is 32.2. The van der Waals surface area contributed by atoms with Crippen molar-refractivity contribution in [1.29, 1.82) is 0 Å². The van der Waals surface area contributed by atoms with Crippen molar-refractivity contribution >= 4 is 21.6 Å². The van der Waals surface area contributed by atoms with Crippen LogP contribution in [0.2, 0.25) is 0 Å². The van der Waals surface area contributed by atoms with E-state index in [9.17, 15) is 13.2 Å². The van der Waals surface area contributed by atoms with Crippen LogP contribution in [-0.2, 0) is 14.8 Å². The minimum absolute atomic E-state index is 0.298. The maximum atomic E-state index is 12.1. The first-order valence-corrected chi connectivity index (χ1v) is 8.40. The van der Waals surface area contributed by atoms with E-state index >= 15 is 0 Å². The molecule has 0 bridgehead atoms. The normalized spacial score (nSPS) is 13.1. The summed E-state index contributed by atoms with van der Waals surface area (Å²) in [5.41, 5.74) is 0.488. The minimum Gasteiger partial charge on any atom is -0.354 e. The molecule has 0 saturated carbocycles. The Morgan fingerprint density at radius 2 is 1.75 bits per heavy atom. The van der Waals surface area contributed by atoms with E-state index in [1.165, 1.54) is 0 Å². The van der Waals surface area contributed by atoms with Gasteiger partial charge in [-0.3, -0.25) is 9.10 Å². The zero-order valence-corrected chi connectivity index (χ0v) is 13.1. The molecular formula is C14H22N2O3S. The van der Waals surface area contributed by atoms with Crippen LogP contribution in [0, 0.1) is 5.92 Å². The first kappa shape index (κ1) is 16.5. The summed E-state index contributed by atoms with van der Waals surface area (Å²) >= 11 is 0. The summed E-state index contributed by atoms with van der Waals surface area (Å²) in [5.74, 6) is 0.0162. The van der Waals surface area contributed by atoms with Gasteiger partial charge in [-0.15, -0.1) is 0 Å². The molecule has 112 valence electrons. The topological polar surface area (TPSA) is 66.5 Å². The van der Waals surface area contributed by atoms with Crippen molar-refractivity contribution in [1.82, 2.24) is 5.32 Å². The molecule has 0 aliphatic heterocycles. The molecule has 0 unspecified atom stereocenters. The monoisotopic (exact) mass is 298 g/mol. The maximum Gasteiger partial charge on any atom is 0.243 e. The Morgan fingerprint density at radius 3 is 2.20 bits per heavy atom. The second-order valence-electron chi connectivity index (χ2n) is 5.21. The SMILES string of the molecule is CC(C)CNC(=O)[C@H](C)N(c1ccccc1)S(C)(=O)=O. The van der Waals surface area contributed by atoms with Gasteiger partial charge in [0.15, 0.2) is 0 Å². The lowest BCUT2D eigenvalue weighted by Gasteiger charge is -2.28. The van der Waals surface area contributed by atoms with Crippen LogP contribution in [0.3, 0.4) is 0 Å². The van der Waals surface area contributed by atoms with Gasteiger partial charge in [0.05, 0.1) is 11.9 Å². The van der Waals surface area contributed by atoms with Gasteiger partial charge in [0.25, 0.3) is 0 Å². The number of para-hydroxylation sites is 1. The Morgan fingerprint density at radius 1 is 1.20 bits per heavy atom. The fourth-order valence-corrected chi connectivity index (χ4v) is 3.01. The average molecular weight is 298 g/mol. The molecule has 1 aromatic carbocycles. The Labute approximate surface area is 121 Å². The van der Waals surface area contributed by atoms with Crippen molar-refractivity contribution in [3.63, 3.8) is 0 Å². The molecule has 1 N–H and O–H groups in total. The molecule has 0 heterocycles. The van der Waals surface area contributed by atoms with Gasteiger partial charge in [-0.1, -0.05) is 32.0 Å². The predicted octanol–water partition coefficient (Wildman–Crippen LogP) is 1.61. The number of carbonyl (C=O) groups is 1. The number of nitrogens with zero attached hydrogens (tertiary/aromatic N) is 1. The summed E-state index contributed by atoms with van der Waals surface area (Å²) in [6, 6.07) is 7.85. The molecule has 0 saturated heterocycles. The lowest BCUT2D eigenvalue weighted by atomic mass is 10.2. The van der Waals surface area contributed by atoms with E-state index in [4.69, 9.17) is 0 Å². The standard InChI is InChI=1S/C14H22N2O3S/c1-11(2)10-15-14(17)12(3)16(20(4,18)19)13-8-6-5-7-9-13/h5-9,11-12H,10H2,1-4H3,(H,15,17)/t12-/m0/s1. The van der Waals surface area contributed by atoms with Crippen molar-refractivity contribution in [2.24, 2.45) is 5.92 Å². The van der Waals surface area contributed by atoms with E-state index in [-0.39, 0.29) is 5.91 Å². The van der Waals surface area contributed by atoms with E-state index < -0.39 is 16.1 Å². The summed E-state index contributed by atoms with van der Waals surface area (Å²) in [5, 5.41) is 2.76. The van der Waals surface area contributed by atoms with Gasteiger partial charge in [-0.25, -0.2) is 8.42 Å². The van der Waals surface area contributed by atoms with Crippen molar-refractivity contribution < 1.29 is 13.2 Å². The van der Waals surface area contributed by atoms with Gasteiger partial charge in [0.2, 0.25) is 15.9 Å². The van der Waals surface area contributed by atoms with Crippen LogP contribution in [0.25, 0.3) is 0 Å². The summed E-state index contributed by atoms with van der Waals surface area (Å²) in [6.45, 7) is 6.08. The average Bonchev–Trinajstić information content (AvgIpc) is 2.35. The second kappa shape index (κ2) is 6.74. The Kier molecular flexibility index (Phi) is 5.56. The number of hydrogen-bond acceptors (Lipinski definition) is 3. The summed E-state index contributed by atoms with van der Waals surface area (Å²) < 4.78 is 25.1. The molecule has 6 heteroatoms. The van der Waals surface area contributed by atoms with E-state index in [0.29, 0.717) is 18.2 Å². The zero-order valence-electron chi connectivity index (χ0n) is 12.3. The first-order chi connectivity index (χ1) is 9.23. The van der Waals surface area contributed by atoms with Crippen LogP contribution in [0.15, 0.2) is 30.3 Å². The highest BCUT2D eigenvalue weighted by molar-refractivity contribution is 7.92. The molecule has 1 aromatic rings. The smallest absolute Gasteiger partial charge is 0.243 e. The van der Waals surface area contributed by atoms with E-state index in [0.717, 1.165) is 10.6 Å². The van der Waals surface area contributed by atoms with Crippen LogP contribution in [-0.4, -0.2) is 33.2 Å². The summed E-state index contributed by atoms with van der Waals surface area (Å²) in [4.78, 5) is 12.1. The van der Waals surface area contributed by atoms with Gasteiger partial charge in [0, 0.05) is 6.54 Å². The molecule has 0 aromatic heterocycles. The van der Waals surface area contributed by atoms with Crippen molar-refractivity contribution in [3.05, 3.63) is 30.3 Å². The van der Waals surface area contributed by atoms with Gasteiger partial charge in [-0.2, -0.15) is 0 Å². The highest BCUT2D eigenvalue weighted by Gasteiger charge is 2.28. The van der Waals surface area contributed by atoms with Crippen LogP contribution >= 0.6 is 0 Å². The van der Waals surface area contributed by atoms with E-state index in [2.05, 4.69) is 5.32 Å². The quantitative estimate of drug-likeness (QED) is 0.867. The number of benzene rings is 1. The van der Waals surface area contributed by atoms with E-state index in [1.54, 1.807) is 37.3 Å². The molecule has 5 nitrogen and oxygen atoms in total. The van der Waals surface area contributed by atoms with Gasteiger partial charge in [0.1, 0.15) is 6.04 Å². The van der Waals surface area contributed by atoms with Gasteiger partial charge in [-0.05, 0) is 25.0 Å². The van der Waals surface area contributed by atoms with Crippen LogP contribution < -0.4 is 9.62 Å².